The number of nitriles is 1. The number of carbonyl (C=O) groups excluding carboxylic acids is 2. The number of sulfone groups is 1. The van der Waals surface area contributed by atoms with Gasteiger partial charge >= 0.3 is 5.97 Å². The van der Waals surface area contributed by atoms with E-state index in [9.17, 15) is 18.0 Å². The van der Waals surface area contributed by atoms with Gasteiger partial charge in [-0.2, -0.15) is 5.26 Å². The fourth-order valence-corrected chi connectivity index (χ4v) is 5.00. The molecule has 9 heteroatoms. The number of hydrogen-bond donors (Lipinski definition) is 1. The molecule has 1 amide bonds. The SMILES string of the molecule is N#CCSc1ccccc1NC(=O)COC(=O)C[C@H]1CCS(=O)(=O)C1. The monoisotopic (exact) mass is 382 g/mol. The third-order valence-corrected chi connectivity index (χ3v) is 6.38. The number of esters is 1. The van der Waals surface area contributed by atoms with E-state index >= 15 is 0 Å². The van der Waals surface area contributed by atoms with Gasteiger partial charge in [-0.3, -0.25) is 9.59 Å². The van der Waals surface area contributed by atoms with E-state index in [2.05, 4.69) is 5.32 Å². The van der Waals surface area contributed by atoms with Gasteiger partial charge in [0.15, 0.2) is 16.4 Å². The lowest BCUT2D eigenvalue weighted by Gasteiger charge is -2.11. The predicted octanol–water partition coefficient (Wildman–Crippen LogP) is 1.61. The van der Waals surface area contributed by atoms with E-state index in [0.717, 1.165) is 4.90 Å². The number of nitrogens with zero attached hydrogens (tertiary/aromatic N) is 1. The zero-order chi connectivity index (χ0) is 18.3. The van der Waals surface area contributed by atoms with Crippen LogP contribution in [-0.4, -0.2) is 44.2 Å². The van der Waals surface area contributed by atoms with Crippen molar-refractivity contribution in [2.24, 2.45) is 5.92 Å². The van der Waals surface area contributed by atoms with Gasteiger partial charge in [0, 0.05) is 11.3 Å². The zero-order valence-corrected chi connectivity index (χ0v) is 15.1. The third-order valence-electron chi connectivity index (χ3n) is 3.60. The lowest BCUT2D eigenvalue weighted by molar-refractivity contribution is -0.148. The minimum absolute atomic E-state index is 0.00111. The summed E-state index contributed by atoms with van der Waals surface area (Å²) in [6.45, 7) is -0.435. The van der Waals surface area contributed by atoms with E-state index in [1.165, 1.54) is 11.8 Å². The maximum absolute atomic E-state index is 11.9. The Labute approximate surface area is 150 Å². The van der Waals surface area contributed by atoms with Gasteiger partial charge in [-0.05, 0) is 24.5 Å². The predicted molar refractivity (Wildman–Crippen MR) is 93.7 cm³/mol. The first-order valence-electron chi connectivity index (χ1n) is 7.64. The van der Waals surface area contributed by atoms with Crippen LogP contribution < -0.4 is 5.32 Å². The Morgan fingerprint density at radius 1 is 1.36 bits per heavy atom. The highest BCUT2D eigenvalue weighted by molar-refractivity contribution is 7.99. The molecular formula is C16H18N2O5S2. The van der Waals surface area contributed by atoms with Crippen LogP contribution in [0.3, 0.4) is 0 Å². The van der Waals surface area contributed by atoms with Crippen LogP contribution in [0.1, 0.15) is 12.8 Å². The fraction of sp³-hybridized carbons (Fsp3) is 0.438. The van der Waals surface area contributed by atoms with Crippen LogP contribution in [0.4, 0.5) is 5.69 Å². The molecule has 1 heterocycles. The van der Waals surface area contributed by atoms with Gasteiger partial charge in [-0.25, -0.2) is 8.42 Å². The Morgan fingerprint density at radius 2 is 2.12 bits per heavy atom. The van der Waals surface area contributed by atoms with Crippen molar-refractivity contribution in [3.8, 4) is 6.07 Å². The lowest BCUT2D eigenvalue weighted by atomic mass is 10.1. The highest BCUT2D eigenvalue weighted by Crippen LogP contribution is 2.26. The number of thioether (sulfide) groups is 1. The quantitative estimate of drug-likeness (QED) is 0.563. The average molecular weight is 382 g/mol. The summed E-state index contributed by atoms with van der Waals surface area (Å²) in [5.74, 6) is -0.947. The molecule has 0 aromatic heterocycles. The number of amides is 1. The lowest BCUT2D eigenvalue weighted by Crippen LogP contribution is -2.22. The summed E-state index contributed by atoms with van der Waals surface area (Å²) in [4.78, 5) is 24.4. The van der Waals surface area contributed by atoms with Gasteiger partial charge in [0.2, 0.25) is 0 Å². The summed E-state index contributed by atoms with van der Waals surface area (Å²) in [5.41, 5.74) is 0.547. The molecule has 2 rings (SSSR count). The first-order valence-corrected chi connectivity index (χ1v) is 10.4. The summed E-state index contributed by atoms with van der Waals surface area (Å²) >= 11 is 1.29. The van der Waals surface area contributed by atoms with Gasteiger partial charge < -0.3 is 10.1 Å². The Kier molecular flexibility index (Phi) is 6.84. The molecule has 0 aliphatic carbocycles. The second-order valence-corrected chi connectivity index (χ2v) is 8.87. The Balaban J connectivity index is 1.79. The maximum atomic E-state index is 11.9. The Bertz CT molecular complexity index is 786. The minimum atomic E-state index is -3.04. The van der Waals surface area contributed by atoms with E-state index in [4.69, 9.17) is 10.00 Å². The molecule has 0 unspecified atom stereocenters. The molecule has 0 radical (unpaired) electrons. The Morgan fingerprint density at radius 3 is 2.80 bits per heavy atom. The number of benzene rings is 1. The van der Waals surface area contributed by atoms with Gasteiger partial charge in [0.25, 0.3) is 5.91 Å². The molecule has 7 nitrogen and oxygen atoms in total. The molecule has 25 heavy (non-hydrogen) atoms. The van der Waals surface area contributed by atoms with Crippen molar-refractivity contribution in [1.82, 2.24) is 0 Å². The smallest absolute Gasteiger partial charge is 0.306 e. The van der Waals surface area contributed by atoms with Gasteiger partial charge in [-0.15, -0.1) is 11.8 Å². The van der Waals surface area contributed by atoms with Crippen molar-refractivity contribution in [2.75, 3.05) is 29.2 Å². The Hall–Kier alpha value is -2.05. The van der Waals surface area contributed by atoms with Crippen LogP contribution in [0, 0.1) is 17.2 Å². The molecule has 1 atom stereocenters. The first kappa shape index (κ1) is 19.3. The van der Waals surface area contributed by atoms with Crippen molar-refractivity contribution in [3.05, 3.63) is 24.3 Å². The average Bonchev–Trinajstić information content (AvgIpc) is 2.90. The maximum Gasteiger partial charge on any atom is 0.306 e. The highest BCUT2D eigenvalue weighted by atomic mass is 32.2. The van der Waals surface area contributed by atoms with Crippen LogP contribution in [0.25, 0.3) is 0 Å². The summed E-state index contributed by atoms with van der Waals surface area (Å²) in [6, 6.07) is 9.04. The number of nitrogens with one attached hydrogen (secondary N) is 1. The highest BCUT2D eigenvalue weighted by Gasteiger charge is 2.30. The summed E-state index contributed by atoms with van der Waals surface area (Å²) in [6.07, 6.45) is 0.453. The number of ether oxygens (including phenoxy) is 1. The first-order chi connectivity index (χ1) is 11.9. The second-order valence-electron chi connectivity index (χ2n) is 5.62. The zero-order valence-electron chi connectivity index (χ0n) is 13.4. The van der Waals surface area contributed by atoms with Gasteiger partial charge in [0.05, 0.1) is 29.0 Å². The van der Waals surface area contributed by atoms with Crippen molar-refractivity contribution in [1.29, 1.82) is 5.26 Å². The summed E-state index contributed by atoms with van der Waals surface area (Å²) in [7, 11) is -3.04. The summed E-state index contributed by atoms with van der Waals surface area (Å²) < 4.78 is 27.6. The van der Waals surface area contributed by atoms with Crippen LogP contribution in [0.15, 0.2) is 29.2 Å². The molecule has 1 aromatic rings. The molecule has 1 N–H and O–H groups in total. The van der Waals surface area contributed by atoms with Gasteiger partial charge in [0.1, 0.15) is 0 Å². The van der Waals surface area contributed by atoms with Crippen LogP contribution in [-0.2, 0) is 24.2 Å². The molecule has 1 aromatic carbocycles. The normalized spacial score (nSPS) is 18.3. The fourth-order valence-electron chi connectivity index (χ4n) is 2.47. The number of para-hydroxylation sites is 1. The number of carbonyl (C=O) groups is 2. The number of anilines is 1. The van der Waals surface area contributed by atoms with Crippen LogP contribution >= 0.6 is 11.8 Å². The van der Waals surface area contributed by atoms with Gasteiger partial charge in [-0.1, -0.05) is 12.1 Å². The van der Waals surface area contributed by atoms with Crippen LogP contribution in [0.2, 0.25) is 0 Å². The largest absolute Gasteiger partial charge is 0.456 e. The van der Waals surface area contributed by atoms with Crippen molar-refractivity contribution in [3.63, 3.8) is 0 Å². The van der Waals surface area contributed by atoms with E-state index in [0.29, 0.717) is 12.1 Å². The number of hydrogen-bond acceptors (Lipinski definition) is 7. The van der Waals surface area contributed by atoms with E-state index in [-0.39, 0.29) is 29.6 Å². The molecule has 1 aliphatic heterocycles. The van der Waals surface area contributed by atoms with Crippen LogP contribution in [0.5, 0.6) is 0 Å². The molecule has 1 fully saturated rings. The standard InChI is InChI=1S/C16H18N2O5S2/c17-6-7-24-14-4-2-1-3-13(14)18-15(19)10-23-16(20)9-12-5-8-25(21,22)11-12/h1-4,12H,5,7-11H2,(H,18,19)/t12-/m1/s1. The van der Waals surface area contributed by atoms with E-state index in [1.54, 1.807) is 24.3 Å². The molecule has 1 saturated heterocycles. The molecule has 0 bridgehead atoms. The third kappa shape index (κ3) is 6.40. The van der Waals surface area contributed by atoms with Crippen molar-refractivity contribution >= 4 is 39.2 Å². The molecule has 0 saturated carbocycles. The van der Waals surface area contributed by atoms with E-state index < -0.39 is 28.3 Å². The molecule has 134 valence electrons. The van der Waals surface area contributed by atoms with E-state index in [1.807, 2.05) is 6.07 Å². The molecule has 0 spiro atoms. The van der Waals surface area contributed by atoms with Crippen molar-refractivity contribution < 1.29 is 22.7 Å². The second kappa shape index (κ2) is 8.87. The number of rotatable bonds is 7. The van der Waals surface area contributed by atoms with Crippen molar-refractivity contribution in [2.45, 2.75) is 17.7 Å². The summed E-state index contributed by atoms with van der Waals surface area (Å²) in [5, 5.41) is 11.3. The molecule has 1 aliphatic rings. The topological polar surface area (TPSA) is 113 Å². The minimum Gasteiger partial charge on any atom is -0.456 e. The molecular weight excluding hydrogens is 364 g/mol.